The standard InChI is InChI=1S/C7H16N2O2/c1-9(10-2)5-7-6-11-4-3-8-7/h7-8H,3-6H2,1-2H3. The zero-order chi connectivity index (χ0) is 8.10. The molecule has 0 bridgehead atoms. The molecule has 1 aliphatic rings. The van der Waals surface area contributed by atoms with Gasteiger partial charge < -0.3 is 14.9 Å². The van der Waals surface area contributed by atoms with Crippen LogP contribution in [0.4, 0.5) is 0 Å². The first-order valence-corrected chi connectivity index (χ1v) is 3.89. The fraction of sp³-hybridized carbons (Fsp3) is 1.00. The van der Waals surface area contributed by atoms with E-state index >= 15 is 0 Å². The minimum atomic E-state index is 0.411. The zero-order valence-corrected chi connectivity index (χ0v) is 7.17. The molecule has 1 rings (SSSR count). The monoisotopic (exact) mass is 160 g/mol. The molecule has 1 atom stereocenters. The Kier molecular flexibility index (Phi) is 3.79. The predicted octanol–water partition coefficient (Wildman–Crippen LogP) is -0.532. The molecule has 1 unspecified atom stereocenters. The Hall–Kier alpha value is -0.160. The topological polar surface area (TPSA) is 33.7 Å². The normalized spacial score (nSPS) is 25.9. The Labute approximate surface area is 67.4 Å². The van der Waals surface area contributed by atoms with Gasteiger partial charge in [0, 0.05) is 26.2 Å². The molecule has 11 heavy (non-hydrogen) atoms. The summed E-state index contributed by atoms with van der Waals surface area (Å²) in [5.74, 6) is 0. The minimum Gasteiger partial charge on any atom is -0.378 e. The molecule has 0 spiro atoms. The maximum absolute atomic E-state index is 5.28. The molecule has 66 valence electrons. The molecular formula is C7H16N2O2. The first-order valence-electron chi connectivity index (χ1n) is 3.89. The molecule has 1 saturated heterocycles. The molecule has 4 heteroatoms. The van der Waals surface area contributed by atoms with Crippen LogP contribution in [0.2, 0.25) is 0 Å². The molecular weight excluding hydrogens is 144 g/mol. The molecule has 1 aliphatic heterocycles. The number of hydroxylamine groups is 2. The Morgan fingerprint density at radius 1 is 1.73 bits per heavy atom. The molecule has 1 fully saturated rings. The highest BCUT2D eigenvalue weighted by Gasteiger charge is 2.14. The van der Waals surface area contributed by atoms with Crippen molar-refractivity contribution >= 4 is 0 Å². The Balaban J connectivity index is 2.13. The van der Waals surface area contributed by atoms with Gasteiger partial charge in [0.1, 0.15) is 0 Å². The maximum atomic E-state index is 5.28. The van der Waals surface area contributed by atoms with E-state index in [2.05, 4.69) is 5.32 Å². The third kappa shape index (κ3) is 3.16. The van der Waals surface area contributed by atoms with Crippen LogP contribution in [0, 0.1) is 0 Å². The Morgan fingerprint density at radius 3 is 3.09 bits per heavy atom. The average molecular weight is 160 g/mol. The van der Waals surface area contributed by atoms with Crippen LogP contribution in [0.15, 0.2) is 0 Å². The number of hydrogen-bond acceptors (Lipinski definition) is 4. The van der Waals surface area contributed by atoms with Crippen LogP contribution in [0.3, 0.4) is 0 Å². The van der Waals surface area contributed by atoms with Gasteiger partial charge in [-0.3, -0.25) is 0 Å². The van der Waals surface area contributed by atoms with Crippen LogP contribution < -0.4 is 5.32 Å². The van der Waals surface area contributed by atoms with E-state index in [0.29, 0.717) is 6.04 Å². The van der Waals surface area contributed by atoms with Crippen LogP contribution in [0.25, 0.3) is 0 Å². The van der Waals surface area contributed by atoms with E-state index in [1.165, 1.54) is 0 Å². The second-order valence-electron chi connectivity index (χ2n) is 2.72. The summed E-state index contributed by atoms with van der Waals surface area (Å²) in [6, 6.07) is 0.411. The van der Waals surface area contributed by atoms with Crippen molar-refractivity contribution in [1.82, 2.24) is 10.4 Å². The lowest BCUT2D eigenvalue weighted by Gasteiger charge is -2.26. The molecule has 4 nitrogen and oxygen atoms in total. The molecule has 0 aromatic carbocycles. The zero-order valence-electron chi connectivity index (χ0n) is 7.17. The van der Waals surface area contributed by atoms with Gasteiger partial charge in [-0.05, 0) is 0 Å². The minimum absolute atomic E-state index is 0.411. The maximum Gasteiger partial charge on any atom is 0.0633 e. The number of nitrogens with zero attached hydrogens (tertiary/aromatic N) is 1. The second-order valence-corrected chi connectivity index (χ2v) is 2.72. The van der Waals surface area contributed by atoms with Crippen molar-refractivity contribution in [3.63, 3.8) is 0 Å². The summed E-state index contributed by atoms with van der Waals surface area (Å²) < 4.78 is 5.28. The van der Waals surface area contributed by atoms with Crippen molar-refractivity contribution in [3.05, 3.63) is 0 Å². The number of ether oxygens (including phenoxy) is 1. The van der Waals surface area contributed by atoms with E-state index < -0.39 is 0 Å². The lowest BCUT2D eigenvalue weighted by atomic mass is 10.3. The quantitative estimate of drug-likeness (QED) is 0.563. The molecule has 0 aromatic rings. The van der Waals surface area contributed by atoms with Gasteiger partial charge in [-0.1, -0.05) is 0 Å². The number of hydrogen-bond donors (Lipinski definition) is 1. The molecule has 1 N–H and O–H groups in total. The number of rotatable bonds is 3. The number of likely N-dealkylation sites (N-methyl/N-ethyl adjacent to an activating group) is 1. The van der Waals surface area contributed by atoms with Gasteiger partial charge in [-0.15, -0.1) is 0 Å². The summed E-state index contributed by atoms with van der Waals surface area (Å²) in [7, 11) is 3.58. The fourth-order valence-corrected chi connectivity index (χ4v) is 1.12. The highest BCUT2D eigenvalue weighted by atomic mass is 16.7. The van der Waals surface area contributed by atoms with Crippen molar-refractivity contribution in [3.8, 4) is 0 Å². The summed E-state index contributed by atoms with van der Waals surface area (Å²) in [5, 5.41) is 5.14. The molecule has 1 heterocycles. The van der Waals surface area contributed by atoms with Crippen molar-refractivity contribution in [1.29, 1.82) is 0 Å². The van der Waals surface area contributed by atoms with Gasteiger partial charge in [0.05, 0.1) is 20.3 Å². The highest BCUT2D eigenvalue weighted by Crippen LogP contribution is 1.95. The Morgan fingerprint density at radius 2 is 2.55 bits per heavy atom. The molecule has 0 amide bonds. The largest absolute Gasteiger partial charge is 0.378 e. The molecule has 0 radical (unpaired) electrons. The van der Waals surface area contributed by atoms with Gasteiger partial charge in [-0.25, -0.2) is 0 Å². The predicted molar refractivity (Wildman–Crippen MR) is 42.2 cm³/mol. The summed E-state index contributed by atoms with van der Waals surface area (Å²) in [5.41, 5.74) is 0. The smallest absolute Gasteiger partial charge is 0.0633 e. The van der Waals surface area contributed by atoms with Gasteiger partial charge in [-0.2, -0.15) is 5.06 Å². The van der Waals surface area contributed by atoms with Crippen molar-refractivity contribution < 1.29 is 9.57 Å². The summed E-state index contributed by atoms with van der Waals surface area (Å²) in [6.45, 7) is 3.43. The second kappa shape index (κ2) is 4.66. The first-order chi connectivity index (χ1) is 5.33. The highest BCUT2D eigenvalue weighted by molar-refractivity contribution is 4.70. The SMILES string of the molecule is CON(C)CC1COCCN1. The van der Waals surface area contributed by atoms with Gasteiger partial charge >= 0.3 is 0 Å². The van der Waals surface area contributed by atoms with E-state index in [-0.39, 0.29) is 0 Å². The lowest BCUT2D eigenvalue weighted by molar-refractivity contribution is -0.120. The third-order valence-corrected chi connectivity index (χ3v) is 1.79. The van der Waals surface area contributed by atoms with E-state index in [0.717, 1.165) is 26.3 Å². The fourth-order valence-electron chi connectivity index (χ4n) is 1.12. The molecule has 0 aromatic heterocycles. The Bertz CT molecular complexity index is 105. The molecule has 0 saturated carbocycles. The van der Waals surface area contributed by atoms with Crippen LogP contribution in [-0.2, 0) is 9.57 Å². The van der Waals surface area contributed by atoms with Crippen molar-refractivity contribution in [2.24, 2.45) is 0 Å². The van der Waals surface area contributed by atoms with Crippen molar-refractivity contribution in [2.75, 3.05) is 40.5 Å². The summed E-state index contributed by atoms with van der Waals surface area (Å²) in [6.07, 6.45) is 0. The lowest BCUT2D eigenvalue weighted by Crippen LogP contribution is -2.47. The third-order valence-electron chi connectivity index (χ3n) is 1.79. The van der Waals surface area contributed by atoms with E-state index in [1.807, 2.05) is 7.05 Å². The van der Waals surface area contributed by atoms with Crippen LogP contribution in [0.5, 0.6) is 0 Å². The summed E-state index contributed by atoms with van der Waals surface area (Å²) >= 11 is 0. The van der Waals surface area contributed by atoms with Crippen LogP contribution in [0.1, 0.15) is 0 Å². The van der Waals surface area contributed by atoms with Gasteiger partial charge in [0.25, 0.3) is 0 Å². The van der Waals surface area contributed by atoms with Gasteiger partial charge in [0.15, 0.2) is 0 Å². The number of nitrogens with one attached hydrogen (secondary N) is 1. The van der Waals surface area contributed by atoms with Crippen LogP contribution in [-0.4, -0.2) is 51.6 Å². The van der Waals surface area contributed by atoms with Crippen LogP contribution >= 0.6 is 0 Å². The van der Waals surface area contributed by atoms with E-state index in [1.54, 1.807) is 12.2 Å². The van der Waals surface area contributed by atoms with E-state index in [9.17, 15) is 0 Å². The van der Waals surface area contributed by atoms with Crippen molar-refractivity contribution in [2.45, 2.75) is 6.04 Å². The molecule has 0 aliphatic carbocycles. The van der Waals surface area contributed by atoms with E-state index in [4.69, 9.17) is 9.57 Å². The summed E-state index contributed by atoms with van der Waals surface area (Å²) in [4.78, 5) is 4.99. The number of morpholine rings is 1. The average Bonchev–Trinajstić information content (AvgIpc) is 2.06. The van der Waals surface area contributed by atoms with Gasteiger partial charge in [0.2, 0.25) is 0 Å². The first kappa shape index (κ1) is 8.93.